The van der Waals surface area contributed by atoms with Crippen LogP contribution in [0.3, 0.4) is 0 Å². The van der Waals surface area contributed by atoms with E-state index in [-0.39, 0.29) is 17.8 Å². The van der Waals surface area contributed by atoms with E-state index >= 15 is 0 Å². The highest BCUT2D eigenvalue weighted by atomic mass is 19.1. The Hall–Kier alpha value is -1.66. The first-order valence-corrected chi connectivity index (χ1v) is 9.86. The van der Waals surface area contributed by atoms with Gasteiger partial charge >= 0.3 is 0 Å². The zero-order valence-electron chi connectivity index (χ0n) is 15.7. The minimum absolute atomic E-state index is 0.102. The molecule has 3 rings (SSSR count). The van der Waals surface area contributed by atoms with Gasteiger partial charge in [0.05, 0.1) is 6.04 Å². The van der Waals surface area contributed by atoms with Crippen molar-refractivity contribution in [1.29, 1.82) is 0 Å². The van der Waals surface area contributed by atoms with Crippen LogP contribution in [-0.2, 0) is 4.79 Å². The number of benzene rings is 1. The minimum atomic E-state index is -0.207. The van der Waals surface area contributed by atoms with Crippen molar-refractivity contribution in [2.75, 3.05) is 50.7 Å². The lowest BCUT2D eigenvalue weighted by atomic mass is 9.96. The fraction of sp³-hybridized carbons (Fsp3) is 0.650. The van der Waals surface area contributed by atoms with Gasteiger partial charge in [-0.1, -0.05) is 0 Å². The third-order valence-corrected chi connectivity index (χ3v) is 5.68. The Morgan fingerprint density at radius 3 is 2.65 bits per heavy atom. The molecule has 0 saturated carbocycles. The van der Waals surface area contributed by atoms with Crippen LogP contribution in [-0.4, -0.2) is 62.7 Å². The van der Waals surface area contributed by atoms with Crippen molar-refractivity contribution in [3.8, 4) is 0 Å². The van der Waals surface area contributed by atoms with E-state index in [9.17, 15) is 9.18 Å². The Morgan fingerprint density at radius 1 is 1.27 bits per heavy atom. The molecule has 1 aromatic rings. The summed E-state index contributed by atoms with van der Waals surface area (Å²) in [6, 6.07) is 6.54. The highest BCUT2D eigenvalue weighted by Crippen LogP contribution is 2.18. The molecule has 0 spiro atoms. The van der Waals surface area contributed by atoms with E-state index in [1.54, 1.807) is 0 Å². The summed E-state index contributed by atoms with van der Waals surface area (Å²) in [5, 5.41) is 6.53. The average molecular weight is 362 g/mol. The number of piperidine rings is 1. The van der Waals surface area contributed by atoms with E-state index in [1.807, 2.05) is 19.1 Å². The van der Waals surface area contributed by atoms with Crippen molar-refractivity contribution in [2.45, 2.75) is 32.2 Å². The van der Waals surface area contributed by atoms with E-state index < -0.39 is 0 Å². The van der Waals surface area contributed by atoms with Gasteiger partial charge < -0.3 is 15.5 Å². The van der Waals surface area contributed by atoms with Crippen LogP contribution in [0.1, 0.15) is 26.2 Å². The first-order chi connectivity index (χ1) is 12.6. The van der Waals surface area contributed by atoms with E-state index in [2.05, 4.69) is 20.4 Å². The average Bonchev–Trinajstić information content (AvgIpc) is 2.69. The topological polar surface area (TPSA) is 47.6 Å². The van der Waals surface area contributed by atoms with Crippen LogP contribution in [0.2, 0.25) is 0 Å². The van der Waals surface area contributed by atoms with E-state index in [0.29, 0.717) is 5.92 Å². The van der Waals surface area contributed by atoms with Gasteiger partial charge in [-0.3, -0.25) is 9.69 Å². The molecule has 0 radical (unpaired) electrons. The molecule has 2 fully saturated rings. The predicted molar refractivity (Wildman–Crippen MR) is 103 cm³/mol. The third kappa shape index (κ3) is 5.17. The molecular weight excluding hydrogens is 331 g/mol. The summed E-state index contributed by atoms with van der Waals surface area (Å²) in [5.41, 5.74) is 1.05. The Bertz CT molecular complexity index is 566. The number of nitrogens with zero attached hydrogens (tertiary/aromatic N) is 2. The molecule has 26 heavy (non-hydrogen) atoms. The number of carbonyl (C=O) groups is 1. The summed E-state index contributed by atoms with van der Waals surface area (Å²) in [7, 11) is 0. The second-order valence-corrected chi connectivity index (χ2v) is 7.47. The highest BCUT2D eigenvalue weighted by molar-refractivity contribution is 5.81. The van der Waals surface area contributed by atoms with Gasteiger partial charge in [0.1, 0.15) is 5.82 Å². The van der Waals surface area contributed by atoms with Gasteiger partial charge in [0, 0.05) is 38.4 Å². The van der Waals surface area contributed by atoms with Crippen LogP contribution in [0.25, 0.3) is 0 Å². The Kier molecular flexibility index (Phi) is 6.86. The van der Waals surface area contributed by atoms with Crippen molar-refractivity contribution in [1.82, 2.24) is 15.5 Å². The molecule has 0 bridgehead atoms. The molecule has 0 aliphatic carbocycles. The molecule has 2 aliphatic heterocycles. The van der Waals surface area contributed by atoms with Crippen molar-refractivity contribution >= 4 is 11.6 Å². The Morgan fingerprint density at radius 2 is 2.00 bits per heavy atom. The normalized spacial score (nSPS) is 22.8. The summed E-state index contributed by atoms with van der Waals surface area (Å²) in [6.45, 7) is 8.38. The van der Waals surface area contributed by atoms with Crippen LogP contribution in [0.15, 0.2) is 24.3 Å². The number of anilines is 1. The summed E-state index contributed by atoms with van der Waals surface area (Å²) in [4.78, 5) is 16.9. The molecule has 2 atom stereocenters. The molecule has 1 amide bonds. The summed E-state index contributed by atoms with van der Waals surface area (Å²) in [5.74, 6) is 0.615. The van der Waals surface area contributed by atoms with Gasteiger partial charge in [0.25, 0.3) is 0 Å². The van der Waals surface area contributed by atoms with Crippen LogP contribution >= 0.6 is 0 Å². The maximum atomic E-state index is 13.1. The number of piperazine rings is 1. The van der Waals surface area contributed by atoms with E-state index in [1.165, 1.54) is 25.0 Å². The zero-order chi connectivity index (χ0) is 18.4. The minimum Gasteiger partial charge on any atom is -0.369 e. The molecule has 2 aliphatic rings. The monoisotopic (exact) mass is 362 g/mol. The lowest BCUT2D eigenvalue weighted by Gasteiger charge is -2.38. The second kappa shape index (κ2) is 9.33. The maximum absolute atomic E-state index is 13.1. The standard InChI is InChI=1S/C20H31FN4O/c1-16(20(26)23-10-8-17-3-2-9-22-15-17)24-11-13-25(14-12-24)19-6-4-18(21)5-7-19/h4-7,16-17,22H,2-3,8-15H2,1H3,(H,23,26). The van der Waals surface area contributed by atoms with E-state index in [0.717, 1.165) is 57.9 Å². The number of hydrogen-bond donors (Lipinski definition) is 2. The van der Waals surface area contributed by atoms with Crippen molar-refractivity contribution in [3.63, 3.8) is 0 Å². The van der Waals surface area contributed by atoms with Gasteiger partial charge in [0.15, 0.2) is 0 Å². The quantitative estimate of drug-likeness (QED) is 0.811. The second-order valence-electron chi connectivity index (χ2n) is 7.47. The first kappa shape index (κ1) is 19.1. The van der Waals surface area contributed by atoms with Gasteiger partial charge in [-0.2, -0.15) is 0 Å². The van der Waals surface area contributed by atoms with E-state index in [4.69, 9.17) is 0 Å². The number of halogens is 1. The zero-order valence-corrected chi connectivity index (χ0v) is 15.7. The third-order valence-electron chi connectivity index (χ3n) is 5.68. The fourth-order valence-corrected chi connectivity index (χ4v) is 3.90. The first-order valence-electron chi connectivity index (χ1n) is 9.86. The molecule has 2 unspecified atom stereocenters. The number of rotatable bonds is 6. The molecule has 6 heteroatoms. The molecule has 1 aromatic carbocycles. The summed E-state index contributed by atoms with van der Waals surface area (Å²) < 4.78 is 13.1. The smallest absolute Gasteiger partial charge is 0.237 e. The van der Waals surface area contributed by atoms with Gasteiger partial charge in [-0.25, -0.2) is 4.39 Å². The molecule has 144 valence electrons. The number of carbonyl (C=O) groups excluding carboxylic acids is 1. The Labute approximate surface area is 155 Å². The predicted octanol–water partition coefficient (Wildman–Crippen LogP) is 1.84. The number of nitrogens with one attached hydrogen (secondary N) is 2. The van der Waals surface area contributed by atoms with Gasteiger partial charge in [0.2, 0.25) is 5.91 Å². The van der Waals surface area contributed by atoms with Gasteiger partial charge in [-0.05, 0) is 69.5 Å². The molecular formula is C20H31FN4O. The number of amides is 1. The number of hydrogen-bond acceptors (Lipinski definition) is 4. The molecule has 2 N–H and O–H groups in total. The molecule has 0 aromatic heterocycles. The molecule has 2 heterocycles. The Balaban J connectivity index is 1.38. The van der Waals surface area contributed by atoms with Crippen molar-refractivity contribution in [2.24, 2.45) is 5.92 Å². The van der Waals surface area contributed by atoms with Crippen LogP contribution < -0.4 is 15.5 Å². The largest absolute Gasteiger partial charge is 0.369 e. The van der Waals surface area contributed by atoms with Crippen LogP contribution in [0.5, 0.6) is 0 Å². The summed E-state index contributed by atoms with van der Waals surface area (Å²) >= 11 is 0. The SMILES string of the molecule is CC(C(=O)NCCC1CCCNC1)N1CCN(c2ccc(F)cc2)CC1. The highest BCUT2D eigenvalue weighted by Gasteiger charge is 2.25. The summed E-state index contributed by atoms with van der Waals surface area (Å²) in [6.07, 6.45) is 3.57. The van der Waals surface area contributed by atoms with Crippen molar-refractivity contribution in [3.05, 3.63) is 30.1 Å². The lowest BCUT2D eigenvalue weighted by molar-refractivity contribution is -0.126. The maximum Gasteiger partial charge on any atom is 0.237 e. The van der Waals surface area contributed by atoms with Crippen molar-refractivity contribution < 1.29 is 9.18 Å². The fourth-order valence-electron chi connectivity index (χ4n) is 3.90. The molecule has 5 nitrogen and oxygen atoms in total. The van der Waals surface area contributed by atoms with Crippen LogP contribution in [0, 0.1) is 11.7 Å². The van der Waals surface area contributed by atoms with Gasteiger partial charge in [-0.15, -0.1) is 0 Å². The van der Waals surface area contributed by atoms with Crippen LogP contribution in [0.4, 0.5) is 10.1 Å². The lowest BCUT2D eigenvalue weighted by Crippen LogP contribution is -2.54. The molecule has 2 saturated heterocycles.